The molecule has 0 radical (unpaired) electrons. The van der Waals surface area contributed by atoms with E-state index in [1.807, 2.05) is 0 Å². The van der Waals surface area contributed by atoms with Crippen molar-refractivity contribution < 1.29 is 9.59 Å². The van der Waals surface area contributed by atoms with Crippen LogP contribution in [0.4, 0.5) is 0 Å². The minimum atomic E-state index is -0.292. The van der Waals surface area contributed by atoms with Gasteiger partial charge in [-0.15, -0.1) is 11.8 Å². The van der Waals surface area contributed by atoms with Gasteiger partial charge in [-0.25, -0.2) is 0 Å². The van der Waals surface area contributed by atoms with Gasteiger partial charge in [0, 0.05) is 18.2 Å². The minimum absolute atomic E-state index is 0.0224. The molecule has 2 aliphatic rings. The zero-order valence-corrected chi connectivity index (χ0v) is 14.1. The number of amides is 2. The second-order valence-corrected chi connectivity index (χ2v) is 8.15. The average molecular weight is 313 g/mol. The summed E-state index contributed by atoms with van der Waals surface area (Å²) in [6.45, 7) is 8.07. The van der Waals surface area contributed by atoms with Crippen molar-refractivity contribution in [2.45, 2.75) is 52.1 Å². The van der Waals surface area contributed by atoms with Gasteiger partial charge in [-0.05, 0) is 31.3 Å². The summed E-state index contributed by atoms with van der Waals surface area (Å²) in [5.74, 6) is 1.47. The summed E-state index contributed by atoms with van der Waals surface area (Å²) in [6.07, 6.45) is 2.44. The maximum absolute atomic E-state index is 12.5. The van der Waals surface area contributed by atoms with Gasteiger partial charge >= 0.3 is 0 Å². The van der Waals surface area contributed by atoms with Crippen molar-refractivity contribution in [2.24, 2.45) is 5.41 Å². The Morgan fingerprint density at radius 3 is 2.57 bits per heavy atom. The van der Waals surface area contributed by atoms with E-state index in [1.165, 1.54) is 0 Å². The number of thioether (sulfide) groups is 1. The van der Waals surface area contributed by atoms with Gasteiger partial charge in [0.15, 0.2) is 0 Å². The Kier molecular flexibility index (Phi) is 5.54. The molecule has 2 rings (SSSR count). The van der Waals surface area contributed by atoms with Crippen molar-refractivity contribution in [1.29, 1.82) is 0 Å². The highest BCUT2D eigenvalue weighted by molar-refractivity contribution is 7.99. The van der Waals surface area contributed by atoms with E-state index in [4.69, 9.17) is 0 Å². The Bertz CT molecular complexity index is 389. The SMILES string of the molecule is CC(C)(C)CC(=O)N1CSCC1C(=O)NC1CCNCC1. The lowest BCUT2D eigenvalue weighted by Crippen LogP contribution is -2.52. The van der Waals surface area contributed by atoms with Gasteiger partial charge in [-0.1, -0.05) is 20.8 Å². The predicted molar refractivity (Wildman–Crippen MR) is 86.1 cm³/mol. The number of hydrogen-bond acceptors (Lipinski definition) is 4. The number of carbonyl (C=O) groups excluding carboxylic acids is 2. The van der Waals surface area contributed by atoms with E-state index in [0.717, 1.165) is 25.9 Å². The first-order valence-electron chi connectivity index (χ1n) is 7.75. The normalized spacial score (nSPS) is 24.1. The van der Waals surface area contributed by atoms with Crippen molar-refractivity contribution in [1.82, 2.24) is 15.5 Å². The average Bonchev–Trinajstić information content (AvgIpc) is 2.87. The third-order valence-corrected chi connectivity index (χ3v) is 4.88. The monoisotopic (exact) mass is 313 g/mol. The van der Waals surface area contributed by atoms with Crippen LogP contribution in [0, 0.1) is 5.41 Å². The van der Waals surface area contributed by atoms with E-state index in [0.29, 0.717) is 18.1 Å². The molecule has 0 bridgehead atoms. The van der Waals surface area contributed by atoms with Crippen LogP contribution in [0.5, 0.6) is 0 Å². The fourth-order valence-corrected chi connectivity index (χ4v) is 3.91. The number of nitrogens with zero attached hydrogens (tertiary/aromatic N) is 1. The number of piperidine rings is 1. The van der Waals surface area contributed by atoms with Crippen LogP contribution in [0.15, 0.2) is 0 Å². The van der Waals surface area contributed by atoms with Gasteiger partial charge < -0.3 is 15.5 Å². The fourth-order valence-electron chi connectivity index (χ4n) is 2.72. The lowest BCUT2D eigenvalue weighted by atomic mass is 9.91. The highest BCUT2D eigenvalue weighted by Crippen LogP contribution is 2.26. The molecule has 2 amide bonds. The molecule has 5 nitrogen and oxygen atoms in total. The molecule has 0 spiro atoms. The Balaban J connectivity index is 1.91. The Morgan fingerprint density at radius 2 is 1.95 bits per heavy atom. The zero-order valence-electron chi connectivity index (χ0n) is 13.3. The molecule has 2 saturated heterocycles. The molecule has 2 fully saturated rings. The van der Waals surface area contributed by atoms with E-state index in [-0.39, 0.29) is 29.3 Å². The Hall–Kier alpha value is -0.750. The summed E-state index contributed by atoms with van der Waals surface area (Å²) in [4.78, 5) is 26.6. The number of nitrogens with one attached hydrogen (secondary N) is 2. The van der Waals surface area contributed by atoms with E-state index >= 15 is 0 Å². The summed E-state index contributed by atoms with van der Waals surface area (Å²) >= 11 is 1.67. The van der Waals surface area contributed by atoms with Gasteiger partial charge in [0.05, 0.1) is 5.88 Å². The maximum atomic E-state index is 12.5. The van der Waals surface area contributed by atoms with Gasteiger partial charge in [-0.2, -0.15) is 0 Å². The van der Waals surface area contributed by atoms with Crippen molar-refractivity contribution in [3.63, 3.8) is 0 Å². The maximum Gasteiger partial charge on any atom is 0.243 e. The molecule has 120 valence electrons. The molecule has 21 heavy (non-hydrogen) atoms. The molecular weight excluding hydrogens is 286 g/mol. The molecule has 2 heterocycles. The first-order chi connectivity index (χ1) is 9.87. The lowest BCUT2D eigenvalue weighted by Gasteiger charge is -2.29. The van der Waals surface area contributed by atoms with Crippen LogP contribution < -0.4 is 10.6 Å². The van der Waals surface area contributed by atoms with Gasteiger partial charge in [0.25, 0.3) is 0 Å². The van der Waals surface area contributed by atoms with E-state index in [9.17, 15) is 9.59 Å². The summed E-state index contributed by atoms with van der Waals surface area (Å²) in [5, 5.41) is 6.41. The smallest absolute Gasteiger partial charge is 0.243 e. The highest BCUT2D eigenvalue weighted by Gasteiger charge is 2.36. The molecule has 0 aromatic carbocycles. The molecule has 0 aromatic heterocycles. The molecular formula is C15H27N3O2S. The van der Waals surface area contributed by atoms with Crippen LogP contribution in [0.1, 0.15) is 40.0 Å². The quantitative estimate of drug-likeness (QED) is 0.822. The molecule has 6 heteroatoms. The Morgan fingerprint density at radius 1 is 1.29 bits per heavy atom. The second kappa shape index (κ2) is 7.01. The third kappa shape index (κ3) is 4.88. The second-order valence-electron chi connectivity index (χ2n) is 7.15. The zero-order chi connectivity index (χ0) is 15.5. The van der Waals surface area contributed by atoms with Crippen molar-refractivity contribution >= 4 is 23.6 Å². The molecule has 2 N–H and O–H groups in total. The molecule has 0 aliphatic carbocycles. The summed E-state index contributed by atoms with van der Waals surface area (Å²) in [6, 6.07) is -0.0383. The van der Waals surface area contributed by atoms with Gasteiger partial charge in [-0.3, -0.25) is 9.59 Å². The number of carbonyl (C=O) groups is 2. The highest BCUT2D eigenvalue weighted by atomic mass is 32.2. The largest absolute Gasteiger partial charge is 0.351 e. The topological polar surface area (TPSA) is 61.4 Å². The lowest BCUT2D eigenvalue weighted by molar-refractivity contribution is -0.139. The first-order valence-corrected chi connectivity index (χ1v) is 8.90. The van der Waals surface area contributed by atoms with Crippen molar-refractivity contribution in [3.8, 4) is 0 Å². The van der Waals surface area contributed by atoms with E-state index in [1.54, 1.807) is 16.7 Å². The van der Waals surface area contributed by atoms with Gasteiger partial charge in [0.1, 0.15) is 6.04 Å². The standard InChI is InChI=1S/C15H27N3O2S/c1-15(2,3)8-13(19)18-10-21-9-12(18)14(20)17-11-4-6-16-7-5-11/h11-12,16H,4-10H2,1-3H3,(H,17,20). The minimum Gasteiger partial charge on any atom is -0.351 e. The number of hydrogen-bond donors (Lipinski definition) is 2. The van der Waals surface area contributed by atoms with E-state index < -0.39 is 0 Å². The van der Waals surface area contributed by atoms with Crippen LogP contribution in [-0.4, -0.2) is 53.5 Å². The summed E-state index contributed by atoms with van der Waals surface area (Å²) in [5.41, 5.74) is -0.0413. The Labute approximate surface area is 131 Å². The van der Waals surface area contributed by atoms with Crippen LogP contribution in [0.25, 0.3) is 0 Å². The third-order valence-electron chi connectivity index (χ3n) is 3.87. The van der Waals surface area contributed by atoms with Crippen LogP contribution in [0.3, 0.4) is 0 Å². The molecule has 0 saturated carbocycles. The fraction of sp³-hybridized carbons (Fsp3) is 0.867. The van der Waals surface area contributed by atoms with E-state index in [2.05, 4.69) is 31.4 Å². The van der Waals surface area contributed by atoms with Gasteiger partial charge in [0.2, 0.25) is 11.8 Å². The molecule has 1 atom stereocenters. The van der Waals surface area contributed by atoms with Crippen molar-refractivity contribution in [2.75, 3.05) is 24.7 Å². The van der Waals surface area contributed by atoms with Crippen molar-refractivity contribution in [3.05, 3.63) is 0 Å². The molecule has 1 unspecified atom stereocenters. The van der Waals surface area contributed by atoms with Crippen LogP contribution >= 0.6 is 11.8 Å². The molecule has 0 aromatic rings. The number of rotatable bonds is 3. The summed E-state index contributed by atoms with van der Waals surface area (Å²) in [7, 11) is 0. The summed E-state index contributed by atoms with van der Waals surface area (Å²) < 4.78 is 0. The van der Waals surface area contributed by atoms with Crippen LogP contribution in [0.2, 0.25) is 0 Å². The van der Waals surface area contributed by atoms with Crippen LogP contribution in [-0.2, 0) is 9.59 Å². The first kappa shape index (κ1) is 16.6. The molecule has 2 aliphatic heterocycles. The predicted octanol–water partition coefficient (Wildman–Crippen LogP) is 1.19.